The molecule has 1 aromatic rings. The normalized spacial score (nSPS) is 10.0. The van der Waals surface area contributed by atoms with Crippen molar-refractivity contribution in [2.24, 2.45) is 0 Å². The third kappa shape index (κ3) is 2.76. The molecular formula is C10H13ClN2O2. The fourth-order valence-electron chi connectivity index (χ4n) is 1.07. The minimum atomic E-state index is -0.438. The summed E-state index contributed by atoms with van der Waals surface area (Å²) in [6.45, 7) is 2.29. The van der Waals surface area contributed by atoms with Gasteiger partial charge in [0, 0.05) is 0 Å². The molecule has 4 nitrogen and oxygen atoms in total. The number of anilines is 2. The first-order chi connectivity index (χ1) is 7.06. The van der Waals surface area contributed by atoms with Crippen LogP contribution in [0.3, 0.4) is 0 Å². The van der Waals surface area contributed by atoms with E-state index in [0.29, 0.717) is 12.2 Å². The number of carbonyl (C=O) groups excluding carboxylic acids is 1. The van der Waals surface area contributed by atoms with Gasteiger partial charge in [0.2, 0.25) is 0 Å². The van der Waals surface area contributed by atoms with Gasteiger partial charge in [-0.3, -0.25) is 0 Å². The van der Waals surface area contributed by atoms with Crippen molar-refractivity contribution in [3.8, 4) is 0 Å². The lowest BCUT2D eigenvalue weighted by atomic mass is 10.2. The summed E-state index contributed by atoms with van der Waals surface area (Å²) < 4.78 is 4.93. The minimum Gasteiger partial charge on any atom is -0.462 e. The Morgan fingerprint density at radius 3 is 2.40 bits per heavy atom. The Morgan fingerprint density at radius 1 is 1.40 bits per heavy atom. The number of halogens is 1. The highest BCUT2D eigenvalue weighted by atomic mass is 35.5. The van der Waals surface area contributed by atoms with Crippen molar-refractivity contribution in [3.05, 3.63) is 22.7 Å². The molecule has 0 saturated carbocycles. The first-order valence-electron chi connectivity index (χ1n) is 4.58. The Balaban J connectivity index is 2.91. The predicted molar refractivity (Wildman–Crippen MR) is 60.9 cm³/mol. The van der Waals surface area contributed by atoms with Crippen molar-refractivity contribution < 1.29 is 9.53 Å². The van der Waals surface area contributed by atoms with Crippen molar-refractivity contribution in [1.29, 1.82) is 0 Å². The third-order valence-electron chi connectivity index (χ3n) is 1.80. The van der Waals surface area contributed by atoms with Crippen LogP contribution in [0.25, 0.3) is 0 Å². The maximum atomic E-state index is 11.4. The first kappa shape index (κ1) is 11.7. The molecule has 0 fully saturated rings. The van der Waals surface area contributed by atoms with Gasteiger partial charge in [0.1, 0.15) is 0 Å². The number of rotatable bonds is 3. The van der Waals surface area contributed by atoms with Gasteiger partial charge in [-0.2, -0.15) is 0 Å². The van der Waals surface area contributed by atoms with E-state index < -0.39 is 5.97 Å². The van der Waals surface area contributed by atoms with Crippen molar-refractivity contribution >= 4 is 28.9 Å². The third-order valence-corrected chi connectivity index (χ3v) is 2.24. The largest absolute Gasteiger partial charge is 0.462 e. The van der Waals surface area contributed by atoms with Gasteiger partial charge in [-0.1, -0.05) is 18.5 Å². The monoisotopic (exact) mass is 228 g/mol. The molecule has 0 unspecified atom stereocenters. The van der Waals surface area contributed by atoms with Crippen LogP contribution in [-0.4, -0.2) is 12.6 Å². The average molecular weight is 229 g/mol. The highest BCUT2D eigenvalue weighted by molar-refractivity contribution is 6.35. The molecule has 0 bridgehead atoms. The molecule has 0 saturated heterocycles. The van der Waals surface area contributed by atoms with Crippen LogP contribution >= 0.6 is 11.6 Å². The van der Waals surface area contributed by atoms with Gasteiger partial charge < -0.3 is 16.2 Å². The highest BCUT2D eigenvalue weighted by Gasteiger charge is 2.11. The zero-order valence-corrected chi connectivity index (χ0v) is 9.17. The molecule has 0 heterocycles. The Morgan fingerprint density at radius 2 is 1.93 bits per heavy atom. The molecule has 1 aromatic carbocycles. The molecule has 1 rings (SSSR count). The Hall–Kier alpha value is -1.42. The lowest BCUT2D eigenvalue weighted by Crippen LogP contribution is -2.07. The molecule has 0 aliphatic heterocycles. The van der Waals surface area contributed by atoms with Gasteiger partial charge in [0.25, 0.3) is 0 Å². The second kappa shape index (κ2) is 4.89. The molecule has 0 atom stereocenters. The highest BCUT2D eigenvalue weighted by Crippen LogP contribution is 2.27. The molecule has 15 heavy (non-hydrogen) atoms. The van der Waals surface area contributed by atoms with Crippen molar-refractivity contribution in [2.45, 2.75) is 13.3 Å². The fourth-order valence-corrected chi connectivity index (χ4v) is 1.18. The van der Waals surface area contributed by atoms with Gasteiger partial charge in [-0.05, 0) is 18.6 Å². The Kier molecular flexibility index (Phi) is 3.80. The van der Waals surface area contributed by atoms with Crippen LogP contribution in [0, 0.1) is 0 Å². The SMILES string of the molecule is CCCOC(=O)c1cc(N)c(Cl)c(N)c1. The zero-order valence-electron chi connectivity index (χ0n) is 8.42. The number of carbonyl (C=O) groups is 1. The number of hydrogen-bond acceptors (Lipinski definition) is 4. The summed E-state index contributed by atoms with van der Waals surface area (Å²) in [5.74, 6) is -0.438. The number of hydrogen-bond donors (Lipinski definition) is 2. The summed E-state index contributed by atoms with van der Waals surface area (Å²) in [6, 6.07) is 2.91. The Bertz CT molecular complexity index is 357. The summed E-state index contributed by atoms with van der Waals surface area (Å²) in [6.07, 6.45) is 0.768. The van der Waals surface area contributed by atoms with E-state index in [1.807, 2.05) is 6.92 Å². The van der Waals surface area contributed by atoms with Crippen molar-refractivity contribution in [2.75, 3.05) is 18.1 Å². The van der Waals surface area contributed by atoms with Gasteiger partial charge in [-0.25, -0.2) is 4.79 Å². The van der Waals surface area contributed by atoms with Gasteiger partial charge in [-0.15, -0.1) is 0 Å². The number of nitrogens with two attached hydrogens (primary N) is 2. The van der Waals surface area contributed by atoms with Crippen LogP contribution in [0.4, 0.5) is 11.4 Å². The number of ether oxygens (including phenoxy) is 1. The van der Waals surface area contributed by atoms with Crippen LogP contribution in [0.1, 0.15) is 23.7 Å². The summed E-state index contributed by atoms with van der Waals surface area (Å²) in [5.41, 5.74) is 12.0. The Labute approximate surface area is 93.1 Å². The van der Waals surface area contributed by atoms with E-state index in [1.54, 1.807) is 0 Å². The maximum absolute atomic E-state index is 11.4. The second-order valence-corrected chi connectivity index (χ2v) is 3.48. The summed E-state index contributed by atoms with van der Waals surface area (Å²) in [7, 11) is 0. The van der Waals surface area contributed by atoms with Crippen LogP contribution in [0.15, 0.2) is 12.1 Å². The maximum Gasteiger partial charge on any atom is 0.338 e. The van der Waals surface area contributed by atoms with E-state index in [-0.39, 0.29) is 16.4 Å². The summed E-state index contributed by atoms with van der Waals surface area (Å²) >= 11 is 5.76. The van der Waals surface area contributed by atoms with E-state index in [1.165, 1.54) is 12.1 Å². The standard InChI is InChI=1S/C10H13ClN2O2/c1-2-3-15-10(14)6-4-7(12)9(11)8(13)5-6/h4-5H,2-3,12-13H2,1H3. The lowest BCUT2D eigenvalue weighted by molar-refractivity contribution is 0.0505. The van der Waals surface area contributed by atoms with Crippen LogP contribution in [0.5, 0.6) is 0 Å². The smallest absolute Gasteiger partial charge is 0.338 e. The molecule has 4 N–H and O–H groups in total. The molecule has 0 aromatic heterocycles. The molecule has 0 spiro atoms. The fraction of sp³-hybridized carbons (Fsp3) is 0.300. The number of nitrogen functional groups attached to an aromatic ring is 2. The predicted octanol–water partition coefficient (Wildman–Crippen LogP) is 2.07. The van der Waals surface area contributed by atoms with Crippen LogP contribution < -0.4 is 11.5 Å². The van der Waals surface area contributed by atoms with Crippen LogP contribution in [0.2, 0.25) is 5.02 Å². The molecular weight excluding hydrogens is 216 g/mol. The van der Waals surface area contributed by atoms with E-state index in [4.69, 9.17) is 27.8 Å². The second-order valence-electron chi connectivity index (χ2n) is 3.10. The van der Waals surface area contributed by atoms with Crippen LogP contribution in [-0.2, 0) is 4.74 Å². The summed E-state index contributed by atoms with van der Waals surface area (Å²) in [4.78, 5) is 11.4. The zero-order chi connectivity index (χ0) is 11.4. The van der Waals surface area contributed by atoms with Gasteiger partial charge in [0.05, 0.1) is 28.6 Å². The van der Waals surface area contributed by atoms with E-state index in [2.05, 4.69) is 0 Å². The van der Waals surface area contributed by atoms with E-state index >= 15 is 0 Å². The number of benzene rings is 1. The molecule has 5 heteroatoms. The quantitative estimate of drug-likeness (QED) is 0.613. The van der Waals surface area contributed by atoms with Gasteiger partial charge >= 0.3 is 5.97 Å². The minimum absolute atomic E-state index is 0.266. The molecule has 0 aliphatic rings. The van der Waals surface area contributed by atoms with E-state index in [0.717, 1.165) is 6.42 Å². The molecule has 0 amide bonds. The van der Waals surface area contributed by atoms with Gasteiger partial charge in [0.15, 0.2) is 0 Å². The topological polar surface area (TPSA) is 78.3 Å². The molecule has 0 radical (unpaired) electrons. The lowest BCUT2D eigenvalue weighted by Gasteiger charge is -2.07. The van der Waals surface area contributed by atoms with E-state index in [9.17, 15) is 4.79 Å². The first-order valence-corrected chi connectivity index (χ1v) is 4.95. The average Bonchev–Trinajstić information content (AvgIpc) is 2.21. The number of esters is 1. The van der Waals surface area contributed by atoms with Crippen molar-refractivity contribution in [1.82, 2.24) is 0 Å². The summed E-state index contributed by atoms with van der Waals surface area (Å²) in [5, 5.41) is 0.266. The molecule has 82 valence electrons. The molecule has 0 aliphatic carbocycles. The van der Waals surface area contributed by atoms with Crippen molar-refractivity contribution in [3.63, 3.8) is 0 Å².